The van der Waals surface area contributed by atoms with Gasteiger partial charge in [-0.3, -0.25) is 14.7 Å². The summed E-state index contributed by atoms with van der Waals surface area (Å²) in [7, 11) is 0. The number of aromatic nitrogens is 1. The van der Waals surface area contributed by atoms with Crippen LogP contribution in [0.5, 0.6) is 0 Å². The summed E-state index contributed by atoms with van der Waals surface area (Å²) in [5.74, 6) is 0.752. The number of nitrogens with one attached hydrogen (secondary N) is 1. The molecule has 4 heteroatoms. The van der Waals surface area contributed by atoms with Gasteiger partial charge in [0, 0.05) is 37.6 Å². The number of hydrogen-bond donors (Lipinski definition) is 1. The molecule has 0 bridgehead atoms. The number of rotatable bonds is 5. The van der Waals surface area contributed by atoms with E-state index in [0.29, 0.717) is 12.1 Å². The molecule has 0 spiro atoms. The molecule has 0 radical (unpaired) electrons. The van der Waals surface area contributed by atoms with Crippen molar-refractivity contribution in [2.45, 2.75) is 32.9 Å². The first kappa shape index (κ1) is 16.7. The van der Waals surface area contributed by atoms with Gasteiger partial charge in [0.25, 0.3) is 5.91 Å². The average Bonchev–Trinajstić information content (AvgIpc) is 2.61. The fourth-order valence-electron chi connectivity index (χ4n) is 3.24. The van der Waals surface area contributed by atoms with Crippen LogP contribution in [0.2, 0.25) is 0 Å². The summed E-state index contributed by atoms with van der Waals surface area (Å²) < 4.78 is 0. The summed E-state index contributed by atoms with van der Waals surface area (Å²) >= 11 is 0. The number of piperidine rings is 1. The summed E-state index contributed by atoms with van der Waals surface area (Å²) in [6.07, 6.45) is 6.10. The van der Waals surface area contributed by atoms with Crippen LogP contribution in [0, 0.1) is 5.92 Å². The Hall–Kier alpha value is -2.20. The second-order valence-corrected chi connectivity index (χ2v) is 6.72. The van der Waals surface area contributed by atoms with E-state index < -0.39 is 0 Å². The topological polar surface area (TPSA) is 45.2 Å². The molecule has 1 fully saturated rings. The molecule has 1 atom stereocenters. The number of likely N-dealkylation sites (tertiary alicyclic amines) is 1. The first-order valence-electron chi connectivity index (χ1n) is 8.69. The van der Waals surface area contributed by atoms with E-state index in [0.717, 1.165) is 18.0 Å². The van der Waals surface area contributed by atoms with Crippen LogP contribution in [0.25, 0.3) is 0 Å². The summed E-state index contributed by atoms with van der Waals surface area (Å²) in [4.78, 5) is 18.7. The van der Waals surface area contributed by atoms with E-state index in [1.165, 1.54) is 31.5 Å². The van der Waals surface area contributed by atoms with Gasteiger partial charge in [0.1, 0.15) is 0 Å². The Morgan fingerprint density at radius 1 is 1.17 bits per heavy atom. The average molecular weight is 323 g/mol. The Morgan fingerprint density at radius 3 is 2.62 bits per heavy atom. The van der Waals surface area contributed by atoms with Gasteiger partial charge in [-0.1, -0.05) is 19.1 Å². The molecule has 1 N–H and O–H groups in total. The van der Waals surface area contributed by atoms with Crippen LogP contribution >= 0.6 is 0 Å². The predicted molar refractivity (Wildman–Crippen MR) is 95.5 cm³/mol. The van der Waals surface area contributed by atoms with E-state index in [2.05, 4.69) is 34.3 Å². The van der Waals surface area contributed by atoms with Crippen LogP contribution in [-0.2, 0) is 13.1 Å². The van der Waals surface area contributed by atoms with Gasteiger partial charge < -0.3 is 5.32 Å². The molecule has 2 heterocycles. The molecule has 1 unspecified atom stereocenters. The van der Waals surface area contributed by atoms with Crippen molar-refractivity contribution in [3.8, 4) is 0 Å². The lowest BCUT2D eigenvalue weighted by Gasteiger charge is -2.30. The Balaban J connectivity index is 1.52. The Morgan fingerprint density at radius 2 is 1.92 bits per heavy atom. The third-order valence-electron chi connectivity index (χ3n) is 4.57. The number of benzene rings is 1. The lowest BCUT2D eigenvalue weighted by molar-refractivity contribution is 0.0951. The van der Waals surface area contributed by atoms with Gasteiger partial charge in [0.2, 0.25) is 0 Å². The molecule has 1 aromatic heterocycles. The van der Waals surface area contributed by atoms with Gasteiger partial charge in [0.15, 0.2) is 0 Å². The van der Waals surface area contributed by atoms with Gasteiger partial charge in [-0.2, -0.15) is 0 Å². The van der Waals surface area contributed by atoms with E-state index in [1.807, 2.05) is 24.3 Å². The first-order chi connectivity index (χ1) is 11.7. The highest BCUT2D eigenvalue weighted by Crippen LogP contribution is 2.18. The van der Waals surface area contributed by atoms with Crippen LogP contribution < -0.4 is 5.32 Å². The molecule has 2 aromatic rings. The summed E-state index contributed by atoms with van der Waals surface area (Å²) in [6.45, 7) is 6.17. The monoisotopic (exact) mass is 323 g/mol. The molecule has 0 aliphatic carbocycles. The number of nitrogens with zero attached hydrogens (tertiary/aromatic N) is 2. The van der Waals surface area contributed by atoms with Crippen molar-refractivity contribution >= 4 is 5.91 Å². The molecule has 1 aliphatic heterocycles. The minimum atomic E-state index is -0.0371. The minimum Gasteiger partial charge on any atom is -0.348 e. The smallest absolute Gasteiger partial charge is 0.251 e. The molecule has 3 rings (SSSR count). The summed E-state index contributed by atoms with van der Waals surface area (Å²) in [5, 5.41) is 2.94. The number of hydrogen-bond acceptors (Lipinski definition) is 3. The second kappa shape index (κ2) is 8.06. The molecule has 4 nitrogen and oxygen atoms in total. The Labute approximate surface area is 143 Å². The molecular weight excluding hydrogens is 298 g/mol. The molecule has 1 aromatic carbocycles. The van der Waals surface area contributed by atoms with Gasteiger partial charge >= 0.3 is 0 Å². The van der Waals surface area contributed by atoms with E-state index in [-0.39, 0.29) is 5.91 Å². The van der Waals surface area contributed by atoms with Crippen molar-refractivity contribution in [1.82, 2.24) is 15.2 Å². The predicted octanol–water partition coefficient (Wildman–Crippen LogP) is 3.24. The molecular formula is C20H25N3O. The normalized spacial score (nSPS) is 18.3. The van der Waals surface area contributed by atoms with Gasteiger partial charge in [-0.25, -0.2) is 0 Å². The maximum absolute atomic E-state index is 12.2. The van der Waals surface area contributed by atoms with Crippen LogP contribution in [0.4, 0.5) is 0 Å². The van der Waals surface area contributed by atoms with Crippen LogP contribution in [0.15, 0.2) is 48.8 Å². The quantitative estimate of drug-likeness (QED) is 0.919. The van der Waals surface area contributed by atoms with Gasteiger partial charge in [0.05, 0.1) is 0 Å². The maximum Gasteiger partial charge on any atom is 0.251 e. The SMILES string of the molecule is CC1CCCN(Cc2ccc(C(=O)NCc3ccncc3)cc2)C1. The van der Waals surface area contributed by atoms with E-state index in [4.69, 9.17) is 0 Å². The number of amides is 1. The zero-order valence-electron chi connectivity index (χ0n) is 14.2. The number of pyridine rings is 1. The van der Waals surface area contributed by atoms with Crippen molar-refractivity contribution in [2.24, 2.45) is 5.92 Å². The van der Waals surface area contributed by atoms with Crippen molar-refractivity contribution in [2.75, 3.05) is 13.1 Å². The number of carbonyl (C=O) groups excluding carboxylic acids is 1. The van der Waals surface area contributed by atoms with Crippen molar-refractivity contribution < 1.29 is 4.79 Å². The molecule has 1 saturated heterocycles. The zero-order valence-corrected chi connectivity index (χ0v) is 14.2. The molecule has 1 aliphatic rings. The fraction of sp³-hybridized carbons (Fsp3) is 0.400. The van der Waals surface area contributed by atoms with E-state index in [9.17, 15) is 4.79 Å². The largest absolute Gasteiger partial charge is 0.348 e. The highest BCUT2D eigenvalue weighted by atomic mass is 16.1. The third kappa shape index (κ3) is 4.65. The van der Waals surface area contributed by atoms with Crippen LogP contribution in [0.3, 0.4) is 0 Å². The molecule has 1 amide bonds. The highest BCUT2D eigenvalue weighted by Gasteiger charge is 2.16. The highest BCUT2D eigenvalue weighted by molar-refractivity contribution is 5.94. The third-order valence-corrected chi connectivity index (χ3v) is 4.57. The second-order valence-electron chi connectivity index (χ2n) is 6.72. The van der Waals surface area contributed by atoms with Crippen LogP contribution in [-0.4, -0.2) is 28.9 Å². The minimum absolute atomic E-state index is 0.0371. The van der Waals surface area contributed by atoms with Crippen molar-refractivity contribution in [3.63, 3.8) is 0 Å². The lowest BCUT2D eigenvalue weighted by Crippen LogP contribution is -2.33. The zero-order chi connectivity index (χ0) is 16.8. The first-order valence-corrected chi connectivity index (χ1v) is 8.69. The van der Waals surface area contributed by atoms with Crippen molar-refractivity contribution in [3.05, 3.63) is 65.5 Å². The van der Waals surface area contributed by atoms with Gasteiger partial charge in [-0.15, -0.1) is 0 Å². The van der Waals surface area contributed by atoms with Gasteiger partial charge in [-0.05, 0) is 60.7 Å². The Bertz CT molecular complexity index is 654. The molecule has 126 valence electrons. The fourth-order valence-corrected chi connectivity index (χ4v) is 3.24. The lowest BCUT2D eigenvalue weighted by atomic mass is 9.99. The molecule has 24 heavy (non-hydrogen) atoms. The van der Waals surface area contributed by atoms with Crippen LogP contribution in [0.1, 0.15) is 41.3 Å². The summed E-state index contributed by atoms with van der Waals surface area (Å²) in [5.41, 5.74) is 3.03. The number of carbonyl (C=O) groups is 1. The maximum atomic E-state index is 12.2. The van der Waals surface area contributed by atoms with E-state index in [1.54, 1.807) is 12.4 Å². The van der Waals surface area contributed by atoms with E-state index >= 15 is 0 Å². The Kier molecular flexibility index (Phi) is 5.59. The van der Waals surface area contributed by atoms with Crippen molar-refractivity contribution in [1.29, 1.82) is 0 Å². The molecule has 0 saturated carbocycles. The standard InChI is InChI=1S/C20H25N3O/c1-16-3-2-12-23(14-16)15-18-4-6-19(7-5-18)20(24)22-13-17-8-10-21-11-9-17/h4-11,16H,2-3,12-15H2,1H3,(H,22,24). The summed E-state index contributed by atoms with van der Waals surface area (Å²) in [6, 6.07) is 11.8.